The molecule has 0 aliphatic heterocycles. The van der Waals surface area contributed by atoms with Gasteiger partial charge in [-0.1, -0.05) is 6.07 Å². The molecule has 0 atom stereocenters. The van der Waals surface area contributed by atoms with Gasteiger partial charge in [-0.05, 0) is 24.3 Å². The first-order valence-corrected chi connectivity index (χ1v) is 7.13. The van der Waals surface area contributed by atoms with Gasteiger partial charge in [0.1, 0.15) is 23.1 Å². The molecule has 6 heteroatoms. The van der Waals surface area contributed by atoms with E-state index in [1.807, 2.05) is 24.3 Å². The van der Waals surface area contributed by atoms with Crippen LogP contribution in [-0.4, -0.2) is 24.2 Å². The number of nitrogen functional groups attached to an aromatic ring is 2. The number of nitrogens with zero attached hydrogens (tertiary/aromatic N) is 2. The van der Waals surface area contributed by atoms with Crippen LogP contribution in [0.15, 0.2) is 36.4 Å². The second-order valence-corrected chi connectivity index (χ2v) is 5.16. The molecule has 0 aliphatic rings. The van der Waals surface area contributed by atoms with Crippen LogP contribution in [0.25, 0.3) is 10.9 Å². The zero-order valence-electron chi connectivity index (χ0n) is 13.0. The summed E-state index contributed by atoms with van der Waals surface area (Å²) in [5.74, 6) is 2.51. The van der Waals surface area contributed by atoms with Crippen LogP contribution in [0.3, 0.4) is 0 Å². The van der Waals surface area contributed by atoms with Crippen molar-refractivity contribution in [2.24, 2.45) is 0 Å². The lowest BCUT2D eigenvalue weighted by atomic mass is 10.1. The van der Waals surface area contributed by atoms with Gasteiger partial charge in [0.15, 0.2) is 0 Å². The minimum absolute atomic E-state index is 0.442. The molecule has 118 valence electrons. The number of ether oxygens (including phenoxy) is 2. The third kappa shape index (κ3) is 2.96. The molecule has 3 aromatic rings. The highest BCUT2D eigenvalue weighted by Gasteiger charge is 2.10. The summed E-state index contributed by atoms with van der Waals surface area (Å²) < 4.78 is 10.6. The number of hydrogen-bond acceptors (Lipinski definition) is 6. The Hall–Kier alpha value is -3.02. The standard InChI is InChI=1S/C17H18N4O2/c1-22-12-5-3-10(15(9-12)23-2)7-16-20-14-8-11(18)4-6-13(14)17(19)21-16/h3-6,8-9H,7,18H2,1-2H3,(H2,19,20,21). The van der Waals surface area contributed by atoms with Crippen molar-refractivity contribution in [2.45, 2.75) is 6.42 Å². The van der Waals surface area contributed by atoms with Gasteiger partial charge < -0.3 is 20.9 Å². The normalized spacial score (nSPS) is 10.7. The van der Waals surface area contributed by atoms with Crippen LogP contribution in [-0.2, 0) is 6.42 Å². The van der Waals surface area contributed by atoms with Crippen LogP contribution in [0.1, 0.15) is 11.4 Å². The Labute approximate surface area is 134 Å². The van der Waals surface area contributed by atoms with E-state index in [-0.39, 0.29) is 0 Å². The lowest BCUT2D eigenvalue weighted by Gasteiger charge is -2.11. The lowest BCUT2D eigenvalue weighted by Crippen LogP contribution is -2.03. The fourth-order valence-electron chi connectivity index (χ4n) is 2.47. The number of nitrogens with two attached hydrogens (primary N) is 2. The molecule has 2 aromatic carbocycles. The van der Waals surface area contributed by atoms with Gasteiger partial charge in [0, 0.05) is 29.1 Å². The molecule has 0 bridgehead atoms. The van der Waals surface area contributed by atoms with Crippen molar-refractivity contribution in [2.75, 3.05) is 25.7 Å². The number of anilines is 2. The van der Waals surface area contributed by atoms with Crippen LogP contribution in [0.5, 0.6) is 11.5 Å². The summed E-state index contributed by atoms with van der Waals surface area (Å²) in [4.78, 5) is 8.94. The Morgan fingerprint density at radius 2 is 1.78 bits per heavy atom. The summed E-state index contributed by atoms with van der Waals surface area (Å²) in [6.45, 7) is 0. The zero-order chi connectivity index (χ0) is 16.4. The fraction of sp³-hybridized carbons (Fsp3) is 0.176. The molecule has 6 nitrogen and oxygen atoms in total. The average molecular weight is 310 g/mol. The van der Waals surface area contributed by atoms with Gasteiger partial charge in [0.2, 0.25) is 0 Å². The predicted molar refractivity (Wildman–Crippen MR) is 90.7 cm³/mol. The molecule has 0 fully saturated rings. The second-order valence-electron chi connectivity index (χ2n) is 5.16. The fourth-order valence-corrected chi connectivity index (χ4v) is 2.47. The Morgan fingerprint density at radius 1 is 0.957 bits per heavy atom. The number of benzene rings is 2. The molecule has 4 N–H and O–H groups in total. The quantitative estimate of drug-likeness (QED) is 0.718. The maximum Gasteiger partial charge on any atom is 0.135 e. The van der Waals surface area contributed by atoms with Crippen LogP contribution in [0.2, 0.25) is 0 Å². The molecular formula is C17H18N4O2. The summed E-state index contributed by atoms with van der Waals surface area (Å²) in [5.41, 5.74) is 14.2. The summed E-state index contributed by atoms with van der Waals surface area (Å²) in [5, 5.41) is 0.796. The van der Waals surface area contributed by atoms with Crippen molar-refractivity contribution in [1.82, 2.24) is 9.97 Å². The third-order valence-corrected chi connectivity index (χ3v) is 3.64. The molecule has 0 saturated heterocycles. The first-order chi connectivity index (χ1) is 11.1. The average Bonchev–Trinajstić information content (AvgIpc) is 2.54. The monoisotopic (exact) mass is 310 g/mol. The molecule has 0 saturated carbocycles. The Morgan fingerprint density at radius 3 is 2.52 bits per heavy atom. The molecule has 0 unspecified atom stereocenters. The Bertz CT molecular complexity index is 865. The van der Waals surface area contributed by atoms with Crippen molar-refractivity contribution >= 4 is 22.4 Å². The summed E-state index contributed by atoms with van der Waals surface area (Å²) in [6, 6.07) is 11.0. The Balaban J connectivity index is 2.01. The molecule has 0 spiro atoms. The minimum atomic E-state index is 0.442. The van der Waals surface area contributed by atoms with E-state index in [1.165, 1.54) is 0 Å². The van der Waals surface area contributed by atoms with E-state index in [0.717, 1.165) is 28.0 Å². The molecule has 0 radical (unpaired) electrons. The van der Waals surface area contributed by atoms with Crippen molar-refractivity contribution < 1.29 is 9.47 Å². The Kier molecular flexibility index (Phi) is 3.89. The molecule has 0 aliphatic carbocycles. The number of hydrogen-bond donors (Lipinski definition) is 2. The number of aromatic nitrogens is 2. The van der Waals surface area contributed by atoms with E-state index in [1.54, 1.807) is 26.4 Å². The molecule has 0 amide bonds. The number of fused-ring (bicyclic) bond motifs is 1. The minimum Gasteiger partial charge on any atom is -0.497 e. The lowest BCUT2D eigenvalue weighted by molar-refractivity contribution is 0.391. The zero-order valence-corrected chi connectivity index (χ0v) is 13.0. The highest BCUT2D eigenvalue weighted by Crippen LogP contribution is 2.27. The van der Waals surface area contributed by atoms with Gasteiger partial charge in [0.05, 0.1) is 19.7 Å². The van der Waals surface area contributed by atoms with Crippen LogP contribution < -0.4 is 20.9 Å². The first-order valence-electron chi connectivity index (χ1n) is 7.13. The topological polar surface area (TPSA) is 96.3 Å². The van der Waals surface area contributed by atoms with Crippen LogP contribution in [0.4, 0.5) is 11.5 Å². The van der Waals surface area contributed by atoms with E-state index in [0.29, 0.717) is 23.8 Å². The van der Waals surface area contributed by atoms with Crippen molar-refractivity contribution in [3.63, 3.8) is 0 Å². The van der Waals surface area contributed by atoms with Crippen molar-refractivity contribution in [3.05, 3.63) is 47.8 Å². The van der Waals surface area contributed by atoms with Gasteiger partial charge in [-0.3, -0.25) is 0 Å². The van der Waals surface area contributed by atoms with E-state index >= 15 is 0 Å². The molecular weight excluding hydrogens is 292 g/mol. The highest BCUT2D eigenvalue weighted by molar-refractivity contribution is 5.89. The summed E-state index contributed by atoms with van der Waals surface area (Å²) in [7, 11) is 3.24. The molecule has 1 heterocycles. The van der Waals surface area contributed by atoms with E-state index in [2.05, 4.69) is 9.97 Å². The maximum atomic E-state index is 6.03. The molecule has 3 rings (SSSR count). The maximum absolute atomic E-state index is 6.03. The first kappa shape index (κ1) is 14.9. The summed E-state index contributed by atoms with van der Waals surface area (Å²) in [6.07, 6.45) is 0.502. The van der Waals surface area contributed by atoms with Crippen LogP contribution in [0, 0.1) is 0 Å². The smallest absolute Gasteiger partial charge is 0.135 e. The van der Waals surface area contributed by atoms with Gasteiger partial charge in [-0.15, -0.1) is 0 Å². The third-order valence-electron chi connectivity index (χ3n) is 3.64. The largest absolute Gasteiger partial charge is 0.497 e. The molecule has 23 heavy (non-hydrogen) atoms. The van der Waals surface area contributed by atoms with Crippen LogP contribution >= 0.6 is 0 Å². The number of methoxy groups -OCH3 is 2. The molecule has 1 aromatic heterocycles. The van der Waals surface area contributed by atoms with Crippen molar-refractivity contribution in [3.8, 4) is 11.5 Å². The van der Waals surface area contributed by atoms with Gasteiger partial charge in [0.25, 0.3) is 0 Å². The highest BCUT2D eigenvalue weighted by atomic mass is 16.5. The van der Waals surface area contributed by atoms with E-state index < -0.39 is 0 Å². The predicted octanol–water partition coefficient (Wildman–Crippen LogP) is 2.40. The SMILES string of the molecule is COc1ccc(Cc2nc(N)c3ccc(N)cc3n2)c(OC)c1. The van der Waals surface area contributed by atoms with Gasteiger partial charge in [-0.2, -0.15) is 0 Å². The summed E-state index contributed by atoms with van der Waals surface area (Å²) >= 11 is 0. The number of rotatable bonds is 4. The van der Waals surface area contributed by atoms with E-state index in [4.69, 9.17) is 20.9 Å². The van der Waals surface area contributed by atoms with Gasteiger partial charge in [-0.25, -0.2) is 9.97 Å². The van der Waals surface area contributed by atoms with Gasteiger partial charge >= 0.3 is 0 Å². The van der Waals surface area contributed by atoms with E-state index in [9.17, 15) is 0 Å². The second kappa shape index (κ2) is 6.00. The van der Waals surface area contributed by atoms with Crippen molar-refractivity contribution in [1.29, 1.82) is 0 Å².